The van der Waals surface area contributed by atoms with Gasteiger partial charge < -0.3 is 4.90 Å². The van der Waals surface area contributed by atoms with Gasteiger partial charge in [-0.25, -0.2) is 0 Å². The van der Waals surface area contributed by atoms with Crippen molar-refractivity contribution in [2.24, 2.45) is 5.92 Å². The van der Waals surface area contributed by atoms with Crippen LogP contribution in [0, 0.1) is 19.6 Å². The quantitative estimate of drug-likeness (QED) is 0.468. The number of anilines is 1. The van der Waals surface area contributed by atoms with Gasteiger partial charge >= 0.3 is 0 Å². The van der Waals surface area contributed by atoms with E-state index < -0.39 is 0 Å². The molecule has 1 saturated heterocycles. The summed E-state index contributed by atoms with van der Waals surface area (Å²) >= 11 is 2.04. The standard InChI is InChI=1S/C13H17IN2O2/c1-9(2)12-4-3-7-15(12)10-5-6-13(16(17)18)11(14)8-10/h5-6,8-9,12H,3-4,7H2,1-2H3. The number of hydrogen-bond acceptors (Lipinski definition) is 3. The molecule has 18 heavy (non-hydrogen) atoms. The van der Waals surface area contributed by atoms with Gasteiger partial charge in [-0.1, -0.05) is 13.8 Å². The molecule has 0 saturated carbocycles. The lowest BCUT2D eigenvalue weighted by Crippen LogP contribution is -2.33. The first-order valence-corrected chi connectivity index (χ1v) is 7.29. The fraction of sp³-hybridized carbons (Fsp3) is 0.538. The summed E-state index contributed by atoms with van der Waals surface area (Å²) in [6.07, 6.45) is 2.42. The topological polar surface area (TPSA) is 46.4 Å². The van der Waals surface area contributed by atoms with E-state index in [1.807, 2.05) is 34.7 Å². The predicted molar refractivity (Wildman–Crippen MR) is 81.0 cm³/mol. The molecule has 0 aromatic heterocycles. The summed E-state index contributed by atoms with van der Waals surface area (Å²) in [4.78, 5) is 12.9. The smallest absolute Gasteiger partial charge is 0.282 e. The van der Waals surface area contributed by atoms with Gasteiger partial charge in [-0.3, -0.25) is 10.1 Å². The lowest BCUT2D eigenvalue weighted by atomic mass is 10.0. The number of halogens is 1. The van der Waals surface area contributed by atoms with Crippen LogP contribution in [-0.4, -0.2) is 17.5 Å². The average Bonchev–Trinajstić information content (AvgIpc) is 2.77. The summed E-state index contributed by atoms with van der Waals surface area (Å²) in [7, 11) is 0. The van der Waals surface area contributed by atoms with Crippen molar-refractivity contribution in [1.29, 1.82) is 0 Å². The van der Waals surface area contributed by atoms with Crippen molar-refractivity contribution in [3.8, 4) is 0 Å². The van der Waals surface area contributed by atoms with Gasteiger partial charge in [0.05, 0.1) is 8.49 Å². The third-order valence-corrected chi connectivity index (χ3v) is 4.39. The third-order valence-electron chi connectivity index (χ3n) is 3.53. The van der Waals surface area contributed by atoms with Crippen molar-refractivity contribution in [3.63, 3.8) is 0 Å². The molecule has 2 rings (SSSR count). The van der Waals surface area contributed by atoms with Crippen molar-refractivity contribution in [2.45, 2.75) is 32.7 Å². The second kappa shape index (κ2) is 5.42. The Hall–Kier alpha value is -0.850. The van der Waals surface area contributed by atoms with Crippen LogP contribution in [0.3, 0.4) is 0 Å². The molecular formula is C13H17IN2O2. The lowest BCUT2D eigenvalue weighted by molar-refractivity contribution is -0.385. The Kier molecular flexibility index (Phi) is 4.09. The van der Waals surface area contributed by atoms with Gasteiger partial charge in [-0.2, -0.15) is 0 Å². The maximum atomic E-state index is 10.8. The molecule has 1 atom stereocenters. The first-order chi connectivity index (χ1) is 8.50. The van der Waals surface area contributed by atoms with E-state index in [2.05, 4.69) is 18.7 Å². The van der Waals surface area contributed by atoms with Crippen molar-refractivity contribution >= 4 is 34.0 Å². The van der Waals surface area contributed by atoms with Crippen LogP contribution in [0.25, 0.3) is 0 Å². The minimum absolute atomic E-state index is 0.194. The number of nitrogens with zero attached hydrogens (tertiary/aromatic N) is 2. The lowest BCUT2D eigenvalue weighted by Gasteiger charge is -2.29. The van der Waals surface area contributed by atoms with E-state index in [4.69, 9.17) is 0 Å². The first kappa shape index (κ1) is 13.6. The van der Waals surface area contributed by atoms with Gasteiger partial charge in [0.2, 0.25) is 0 Å². The molecule has 1 unspecified atom stereocenters. The number of nitro benzene ring substituents is 1. The number of hydrogen-bond donors (Lipinski definition) is 0. The SMILES string of the molecule is CC(C)C1CCCN1c1ccc([N+](=O)[O-])c(I)c1. The summed E-state index contributed by atoms with van der Waals surface area (Å²) in [6, 6.07) is 5.98. The molecule has 1 aromatic rings. The Labute approximate surface area is 121 Å². The summed E-state index contributed by atoms with van der Waals surface area (Å²) in [6.45, 7) is 5.52. The molecule has 1 fully saturated rings. The van der Waals surface area contributed by atoms with Crippen LogP contribution in [0.1, 0.15) is 26.7 Å². The van der Waals surface area contributed by atoms with Crippen LogP contribution in [0.2, 0.25) is 0 Å². The summed E-state index contributed by atoms with van der Waals surface area (Å²) in [5.74, 6) is 0.611. The van der Waals surface area contributed by atoms with E-state index in [0.29, 0.717) is 15.5 Å². The molecule has 0 N–H and O–H groups in total. The fourth-order valence-electron chi connectivity index (χ4n) is 2.63. The summed E-state index contributed by atoms with van der Waals surface area (Å²) in [5, 5.41) is 10.8. The second-order valence-electron chi connectivity index (χ2n) is 5.04. The maximum Gasteiger partial charge on any atom is 0.282 e. The molecule has 0 bridgehead atoms. The Morgan fingerprint density at radius 2 is 2.22 bits per heavy atom. The van der Waals surface area contributed by atoms with Crippen molar-refractivity contribution in [1.82, 2.24) is 0 Å². The van der Waals surface area contributed by atoms with Gasteiger partial charge in [0.15, 0.2) is 0 Å². The molecule has 0 radical (unpaired) electrons. The molecule has 5 heteroatoms. The highest BCUT2D eigenvalue weighted by molar-refractivity contribution is 14.1. The van der Waals surface area contributed by atoms with Gasteiger partial charge in [0.1, 0.15) is 0 Å². The second-order valence-corrected chi connectivity index (χ2v) is 6.20. The Morgan fingerprint density at radius 1 is 1.50 bits per heavy atom. The summed E-state index contributed by atoms with van der Waals surface area (Å²) < 4.78 is 0.713. The number of benzene rings is 1. The van der Waals surface area contributed by atoms with Crippen molar-refractivity contribution < 1.29 is 4.92 Å². The Morgan fingerprint density at radius 3 is 2.78 bits per heavy atom. The van der Waals surface area contributed by atoms with Crippen LogP contribution >= 0.6 is 22.6 Å². The first-order valence-electron chi connectivity index (χ1n) is 6.21. The molecular weight excluding hydrogens is 343 g/mol. The third kappa shape index (κ3) is 2.60. The predicted octanol–water partition coefficient (Wildman–Crippen LogP) is 3.82. The van der Waals surface area contributed by atoms with Crippen LogP contribution < -0.4 is 4.90 Å². The zero-order chi connectivity index (χ0) is 13.3. The monoisotopic (exact) mass is 360 g/mol. The van der Waals surface area contributed by atoms with Gasteiger partial charge in [0, 0.05) is 24.3 Å². The van der Waals surface area contributed by atoms with Gasteiger partial charge in [-0.05, 0) is 53.5 Å². The molecule has 1 aliphatic heterocycles. The van der Waals surface area contributed by atoms with E-state index in [0.717, 1.165) is 12.2 Å². The average molecular weight is 360 g/mol. The fourth-order valence-corrected chi connectivity index (χ4v) is 3.32. The zero-order valence-electron chi connectivity index (χ0n) is 10.6. The molecule has 1 aliphatic rings. The minimum atomic E-state index is -0.324. The van der Waals surface area contributed by atoms with E-state index in [1.54, 1.807) is 6.07 Å². The molecule has 0 spiro atoms. The maximum absolute atomic E-state index is 10.8. The van der Waals surface area contributed by atoms with Crippen LogP contribution in [-0.2, 0) is 0 Å². The van der Waals surface area contributed by atoms with Crippen LogP contribution in [0.4, 0.5) is 11.4 Å². The van der Waals surface area contributed by atoms with Crippen molar-refractivity contribution in [3.05, 3.63) is 31.9 Å². The van der Waals surface area contributed by atoms with Crippen molar-refractivity contribution in [2.75, 3.05) is 11.4 Å². The zero-order valence-corrected chi connectivity index (χ0v) is 12.8. The van der Waals surface area contributed by atoms with E-state index >= 15 is 0 Å². The Bertz CT molecular complexity index is 462. The highest BCUT2D eigenvalue weighted by Gasteiger charge is 2.28. The minimum Gasteiger partial charge on any atom is -0.368 e. The molecule has 1 aromatic carbocycles. The molecule has 0 amide bonds. The van der Waals surface area contributed by atoms with E-state index in [9.17, 15) is 10.1 Å². The number of rotatable bonds is 3. The van der Waals surface area contributed by atoms with Gasteiger partial charge in [0.25, 0.3) is 5.69 Å². The van der Waals surface area contributed by atoms with E-state index in [-0.39, 0.29) is 10.6 Å². The molecule has 4 nitrogen and oxygen atoms in total. The summed E-state index contributed by atoms with van der Waals surface area (Å²) in [5.41, 5.74) is 1.31. The highest BCUT2D eigenvalue weighted by Crippen LogP contribution is 2.33. The Balaban J connectivity index is 2.29. The molecule has 98 valence electrons. The largest absolute Gasteiger partial charge is 0.368 e. The number of nitro groups is 1. The molecule has 0 aliphatic carbocycles. The normalized spacial score (nSPS) is 19.6. The van der Waals surface area contributed by atoms with Gasteiger partial charge in [-0.15, -0.1) is 0 Å². The molecule has 1 heterocycles. The van der Waals surface area contributed by atoms with E-state index in [1.165, 1.54) is 12.8 Å². The van der Waals surface area contributed by atoms with Crippen LogP contribution in [0.5, 0.6) is 0 Å². The highest BCUT2D eigenvalue weighted by atomic mass is 127. The van der Waals surface area contributed by atoms with Crippen LogP contribution in [0.15, 0.2) is 18.2 Å².